The van der Waals surface area contributed by atoms with Gasteiger partial charge in [0.05, 0.1) is 21.7 Å². The van der Waals surface area contributed by atoms with Gasteiger partial charge in [-0.15, -0.1) is 0 Å². The van der Waals surface area contributed by atoms with E-state index in [2.05, 4.69) is 12.2 Å². The van der Waals surface area contributed by atoms with Crippen LogP contribution in [0.2, 0.25) is 15.1 Å². The van der Waals surface area contributed by atoms with Crippen LogP contribution in [0.3, 0.4) is 0 Å². The Morgan fingerprint density at radius 1 is 0.950 bits per heavy atom. The number of hydrogen-bond acceptors (Lipinski definition) is 3. The number of unbranched alkanes of at least 4 members (excludes halogenated alkanes) is 1. The molecule has 0 heterocycles. The summed E-state index contributed by atoms with van der Waals surface area (Å²) in [5.74, 6) is 0.544. The van der Waals surface area contributed by atoms with Gasteiger partial charge in [-0.2, -0.15) is 0 Å². The Balaban J connectivity index is 2.11. The standard InChI is InChI=1S/C14H20Cl3NO2/c1-2-3-6-19-7-4-18-5-8-20-14-10-12(16)11(15)9-13(14)17/h9-10,18H,2-8H2,1H3. The highest BCUT2D eigenvalue weighted by Gasteiger charge is 2.06. The summed E-state index contributed by atoms with van der Waals surface area (Å²) < 4.78 is 11.0. The normalized spacial score (nSPS) is 10.8. The highest BCUT2D eigenvalue weighted by molar-refractivity contribution is 6.43. The summed E-state index contributed by atoms with van der Waals surface area (Å²) in [5, 5.41) is 4.54. The van der Waals surface area contributed by atoms with Crippen molar-refractivity contribution in [1.82, 2.24) is 5.32 Å². The number of benzene rings is 1. The molecular formula is C14H20Cl3NO2. The fourth-order valence-corrected chi connectivity index (χ4v) is 2.06. The molecule has 0 bridgehead atoms. The predicted octanol–water partition coefficient (Wildman–Crippen LogP) is 4.43. The van der Waals surface area contributed by atoms with Crippen LogP contribution in [0, 0.1) is 0 Å². The van der Waals surface area contributed by atoms with E-state index in [0.717, 1.165) is 26.0 Å². The van der Waals surface area contributed by atoms with Crippen molar-refractivity contribution in [3.63, 3.8) is 0 Å². The molecule has 0 spiro atoms. The second-order valence-electron chi connectivity index (χ2n) is 4.26. The van der Waals surface area contributed by atoms with Crippen molar-refractivity contribution >= 4 is 34.8 Å². The maximum Gasteiger partial charge on any atom is 0.139 e. The van der Waals surface area contributed by atoms with E-state index < -0.39 is 0 Å². The third kappa shape index (κ3) is 7.00. The minimum Gasteiger partial charge on any atom is -0.491 e. The number of halogens is 3. The molecule has 1 aromatic carbocycles. The lowest BCUT2D eigenvalue weighted by molar-refractivity contribution is 0.132. The molecule has 0 atom stereocenters. The van der Waals surface area contributed by atoms with Gasteiger partial charge in [0.25, 0.3) is 0 Å². The molecule has 0 fully saturated rings. The molecule has 0 aromatic heterocycles. The van der Waals surface area contributed by atoms with Crippen LogP contribution < -0.4 is 10.1 Å². The lowest BCUT2D eigenvalue weighted by Crippen LogP contribution is -2.25. The molecule has 1 N–H and O–H groups in total. The average Bonchev–Trinajstić information content (AvgIpc) is 2.42. The van der Waals surface area contributed by atoms with Crippen molar-refractivity contribution in [3.8, 4) is 5.75 Å². The highest BCUT2D eigenvalue weighted by Crippen LogP contribution is 2.33. The Kier molecular flexibility index (Phi) is 9.40. The summed E-state index contributed by atoms with van der Waals surface area (Å²) in [4.78, 5) is 0. The van der Waals surface area contributed by atoms with Crippen molar-refractivity contribution < 1.29 is 9.47 Å². The van der Waals surface area contributed by atoms with E-state index in [1.165, 1.54) is 0 Å². The summed E-state index contributed by atoms with van der Waals surface area (Å²) in [6.45, 7) is 5.72. The monoisotopic (exact) mass is 339 g/mol. The van der Waals surface area contributed by atoms with Crippen molar-refractivity contribution in [2.24, 2.45) is 0 Å². The molecule has 6 heteroatoms. The Morgan fingerprint density at radius 2 is 1.65 bits per heavy atom. The Bertz CT molecular complexity index is 402. The summed E-state index contributed by atoms with van der Waals surface area (Å²) in [6, 6.07) is 3.20. The van der Waals surface area contributed by atoms with Crippen LogP contribution in [0.4, 0.5) is 0 Å². The largest absolute Gasteiger partial charge is 0.491 e. The molecule has 1 rings (SSSR count). The van der Waals surface area contributed by atoms with E-state index in [1.807, 2.05) is 0 Å². The first kappa shape index (κ1) is 17.9. The molecule has 0 aliphatic rings. The van der Waals surface area contributed by atoms with Gasteiger partial charge in [0.2, 0.25) is 0 Å². The molecule has 0 aliphatic carbocycles. The molecule has 0 amide bonds. The van der Waals surface area contributed by atoms with Gasteiger partial charge in [0.1, 0.15) is 12.4 Å². The van der Waals surface area contributed by atoms with Crippen molar-refractivity contribution in [2.45, 2.75) is 19.8 Å². The summed E-state index contributed by atoms with van der Waals surface area (Å²) in [6.07, 6.45) is 2.27. The molecule has 0 radical (unpaired) electrons. The fourth-order valence-electron chi connectivity index (χ4n) is 1.47. The molecule has 114 valence electrons. The third-order valence-electron chi connectivity index (χ3n) is 2.58. The van der Waals surface area contributed by atoms with E-state index in [-0.39, 0.29) is 0 Å². The van der Waals surface area contributed by atoms with E-state index in [9.17, 15) is 0 Å². The molecule has 3 nitrogen and oxygen atoms in total. The zero-order chi connectivity index (χ0) is 14.8. The van der Waals surface area contributed by atoms with Gasteiger partial charge in [0.15, 0.2) is 0 Å². The van der Waals surface area contributed by atoms with Crippen molar-refractivity contribution in [1.29, 1.82) is 0 Å². The number of nitrogens with one attached hydrogen (secondary N) is 1. The van der Waals surface area contributed by atoms with Crippen LogP contribution in [-0.2, 0) is 4.74 Å². The van der Waals surface area contributed by atoms with Crippen LogP contribution in [0.25, 0.3) is 0 Å². The van der Waals surface area contributed by atoms with E-state index >= 15 is 0 Å². The van der Waals surface area contributed by atoms with Crippen molar-refractivity contribution in [2.75, 3.05) is 32.9 Å². The van der Waals surface area contributed by atoms with Crippen LogP contribution in [0.5, 0.6) is 5.75 Å². The van der Waals surface area contributed by atoms with Gasteiger partial charge in [-0.05, 0) is 12.5 Å². The Hall–Kier alpha value is -0.190. The Labute approximate surface area is 135 Å². The Morgan fingerprint density at radius 3 is 2.40 bits per heavy atom. The first-order chi connectivity index (χ1) is 9.65. The topological polar surface area (TPSA) is 30.5 Å². The first-order valence-corrected chi connectivity index (χ1v) is 7.84. The van der Waals surface area contributed by atoms with Gasteiger partial charge < -0.3 is 14.8 Å². The van der Waals surface area contributed by atoms with Crippen LogP contribution >= 0.6 is 34.8 Å². The summed E-state index contributed by atoms with van der Waals surface area (Å²) >= 11 is 17.8. The average molecular weight is 341 g/mol. The van der Waals surface area contributed by atoms with Gasteiger partial charge >= 0.3 is 0 Å². The molecule has 0 aliphatic heterocycles. The third-order valence-corrected chi connectivity index (χ3v) is 3.59. The minimum absolute atomic E-state index is 0.423. The smallest absolute Gasteiger partial charge is 0.139 e. The second kappa shape index (κ2) is 10.5. The van der Waals surface area contributed by atoms with Gasteiger partial charge in [-0.25, -0.2) is 0 Å². The summed E-state index contributed by atoms with van der Waals surface area (Å²) in [5.41, 5.74) is 0. The molecule has 0 saturated carbocycles. The zero-order valence-corrected chi connectivity index (χ0v) is 13.8. The van der Waals surface area contributed by atoms with E-state index in [1.54, 1.807) is 12.1 Å². The number of hydrogen-bond donors (Lipinski definition) is 1. The van der Waals surface area contributed by atoms with Crippen LogP contribution in [-0.4, -0.2) is 32.9 Å². The van der Waals surface area contributed by atoms with E-state index in [0.29, 0.717) is 40.6 Å². The molecular weight excluding hydrogens is 321 g/mol. The second-order valence-corrected chi connectivity index (χ2v) is 5.48. The molecule has 0 unspecified atom stereocenters. The lowest BCUT2D eigenvalue weighted by Gasteiger charge is -2.10. The predicted molar refractivity (Wildman–Crippen MR) is 85.6 cm³/mol. The number of rotatable bonds is 10. The molecule has 0 saturated heterocycles. The molecule has 20 heavy (non-hydrogen) atoms. The van der Waals surface area contributed by atoms with Crippen LogP contribution in [0.1, 0.15) is 19.8 Å². The molecule has 1 aromatic rings. The summed E-state index contributed by atoms with van der Waals surface area (Å²) in [7, 11) is 0. The fraction of sp³-hybridized carbons (Fsp3) is 0.571. The number of ether oxygens (including phenoxy) is 2. The van der Waals surface area contributed by atoms with Gasteiger partial charge in [-0.3, -0.25) is 0 Å². The first-order valence-electron chi connectivity index (χ1n) is 6.71. The van der Waals surface area contributed by atoms with Gasteiger partial charge in [-0.1, -0.05) is 48.1 Å². The maximum atomic E-state index is 6.00. The van der Waals surface area contributed by atoms with Gasteiger partial charge in [0, 0.05) is 25.8 Å². The quantitative estimate of drug-likeness (QED) is 0.505. The SMILES string of the molecule is CCCCOCCNCCOc1cc(Cl)c(Cl)cc1Cl. The lowest BCUT2D eigenvalue weighted by atomic mass is 10.3. The van der Waals surface area contributed by atoms with Crippen LogP contribution in [0.15, 0.2) is 12.1 Å². The minimum atomic E-state index is 0.423. The highest BCUT2D eigenvalue weighted by atomic mass is 35.5. The maximum absolute atomic E-state index is 6.00. The van der Waals surface area contributed by atoms with Crippen molar-refractivity contribution in [3.05, 3.63) is 27.2 Å². The van der Waals surface area contributed by atoms with E-state index in [4.69, 9.17) is 44.3 Å². The zero-order valence-electron chi connectivity index (χ0n) is 11.6.